The first-order chi connectivity index (χ1) is 12.4. The molecule has 26 heavy (non-hydrogen) atoms. The van der Waals surface area contributed by atoms with Crippen molar-refractivity contribution in [1.82, 2.24) is 5.32 Å². The summed E-state index contributed by atoms with van der Waals surface area (Å²) in [6.45, 7) is 4.14. The van der Waals surface area contributed by atoms with Crippen molar-refractivity contribution in [2.45, 2.75) is 13.8 Å². The first kappa shape index (κ1) is 19.0. The minimum Gasteiger partial charge on any atom is -0.376 e. The van der Waals surface area contributed by atoms with Crippen LogP contribution < -0.4 is 21.7 Å². The largest absolute Gasteiger partial charge is 0.376 e. The molecular formula is C19H22N4O3. The molecule has 0 heterocycles. The fourth-order valence-electron chi connectivity index (χ4n) is 2.48. The molecule has 0 spiro atoms. The first-order valence-corrected chi connectivity index (χ1v) is 8.23. The van der Waals surface area contributed by atoms with E-state index < -0.39 is 5.91 Å². The summed E-state index contributed by atoms with van der Waals surface area (Å²) in [4.78, 5) is 35.4. The zero-order valence-electron chi connectivity index (χ0n) is 14.8. The second kappa shape index (κ2) is 8.66. The van der Waals surface area contributed by atoms with Crippen LogP contribution in [0.25, 0.3) is 0 Å². The van der Waals surface area contributed by atoms with E-state index in [2.05, 4.69) is 16.0 Å². The van der Waals surface area contributed by atoms with E-state index in [1.54, 1.807) is 49.4 Å². The average Bonchev–Trinajstić information content (AvgIpc) is 2.61. The molecule has 0 aromatic heterocycles. The zero-order chi connectivity index (χ0) is 19.1. The summed E-state index contributed by atoms with van der Waals surface area (Å²) in [5.74, 6) is -0.986. The topological polar surface area (TPSA) is 113 Å². The van der Waals surface area contributed by atoms with Crippen LogP contribution in [-0.2, 0) is 4.79 Å². The number of carbonyl (C=O) groups is 3. The van der Waals surface area contributed by atoms with Gasteiger partial charge in [-0.15, -0.1) is 0 Å². The highest BCUT2D eigenvalue weighted by atomic mass is 16.2. The lowest BCUT2D eigenvalue weighted by Crippen LogP contribution is -2.24. The highest BCUT2D eigenvalue weighted by molar-refractivity contribution is 5.98. The van der Waals surface area contributed by atoms with Gasteiger partial charge >= 0.3 is 0 Å². The minimum atomic E-state index is -0.516. The van der Waals surface area contributed by atoms with Gasteiger partial charge in [0.2, 0.25) is 11.8 Å². The van der Waals surface area contributed by atoms with Crippen LogP contribution in [0.15, 0.2) is 42.5 Å². The first-order valence-electron chi connectivity index (χ1n) is 8.23. The molecule has 0 unspecified atom stereocenters. The van der Waals surface area contributed by atoms with Crippen LogP contribution >= 0.6 is 0 Å². The van der Waals surface area contributed by atoms with Gasteiger partial charge in [-0.05, 0) is 49.7 Å². The lowest BCUT2D eigenvalue weighted by Gasteiger charge is -2.12. The molecule has 2 rings (SSSR count). The van der Waals surface area contributed by atoms with Crippen molar-refractivity contribution in [3.63, 3.8) is 0 Å². The predicted octanol–water partition coefficient (Wildman–Crippen LogP) is 1.89. The molecule has 0 bridgehead atoms. The standard InChI is InChI=1S/C19H22N4O3/c1-3-21-19(26)13-6-4-7-14(10-13)23-17(24)11-22-16-9-5-8-15(12(16)2)18(20)25/h4-10,22H,3,11H2,1-2H3,(H2,20,25)(H,21,26)(H,23,24). The van der Waals surface area contributed by atoms with E-state index in [0.29, 0.717) is 34.6 Å². The highest BCUT2D eigenvalue weighted by Crippen LogP contribution is 2.18. The number of benzene rings is 2. The lowest BCUT2D eigenvalue weighted by atomic mass is 10.1. The third kappa shape index (κ3) is 4.83. The van der Waals surface area contributed by atoms with Crippen molar-refractivity contribution >= 4 is 29.1 Å². The van der Waals surface area contributed by atoms with Gasteiger partial charge in [0.15, 0.2) is 0 Å². The maximum Gasteiger partial charge on any atom is 0.251 e. The number of hydrogen-bond donors (Lipinski definition) is 4. The van der Waals surface area contributed by atoms with Crippen molar-refractivity contribution in [1.29, 1.82) is 0 Å². The Morgan fingerprint density at radius 3 is 2.50 bits per heavy atom. The molecule has 2 aromatic carbocycles. The molecule has 5 N–H and O–H groups in total. The van der Waals surface area contributed by atoms with Crippen LogP contribution in [0.5, 0.6) is 0 Å². The number of hydrogen-bond acceptors (Lipinski definition) is 4. The van der Waals surface area contributed by atoms with Crippen LogP contribution in [-0.4, -0.2) is 30.8 Å². The van der Waals surface area contributed by atoms with Crippen molar-refractivity contribution in [2.24, 2.45) is 5.73 Å². The Kier molecular flexibility index (Phi) is 6.32. The number of rotatable bonds is 7. The van der Waals surface area contributed by atoms with Gasteiger partial charge in [0.1, 0.15) is 0 Å². The van der Waals surface area contributed by atoms with Gasteiger partial charge in [-0.25, -0.2) is 0 Å². The van der Waals surface area contributed by atoms with Crippen LogP contribution in [0, 0.1) is 6.92 Å². The van der Waals surface area contributed by atoms with E-state index in [-0.39, 0.29) is 18.4 Å². The van der Waals surface area contributed by atoms with Crippen LogP contribution in [0.4, 0.5) is 11.4 Å². The third-order valence-electron chi connectivity index (χ3n) is 3.78. The van der Waals surface area contributed by atoms with E-state index in [1.807, 2.05) is 6.92 Å². The predicted molar refractivity (Wildman–Crippen MR) is 101 cm³/mol. The van der Waals surface area contributed by atoms with E-state index >= 15 is 0 Å². The second-order valence-electron chi connectivity index (χ2n) is 5.68. The molecule has 0 atom stereocenters. The van der Waals surface area contributed by atoms with Gasteiger partial charge in [0.05, 0.1) is 6.54 Å². The SMILES string of the molecule is CCNC(=O)c1cccc(NC(=O)CNc2cccc(C(N)=O)c2C)c1. The Balaban J connectivity index is 2.00. The molecule has 0 saturated carbocycles. The summed E-state index contributed by atoms with van der Waals surface area (Å²) < 4.78 is 0. The molecule has 0 aliphatic heterocycles. The molecule has 2 aromatic rings. The summed E-state index contributed by atoms with van der Waals surface area (Å²) in [6, 6.07) is 11.8. The fraction of sp³-hybridized carbons (Fsp3) is 0.211. The molecule has 3 amide bonds. The highest BCUT2D eigenvalue weighted by Gasteiger charge is 2.10. The maximum absolute atomic E-state index is 12.2. The summed E-state index contributed by atoms with van der Waals surface area (Å²) in [6.07, 6.45) is 0. The van der Waals surface area contributed by atoms with Gasteiger partial charge < -0.3 is 21.7 Å². The smallest absolute Gasteiger partial charge is 0.251 e. The molecule has 7 heteroatoms. The normalized spacial score (nSPS) is 10.1. The number of carbonyl (C=O) groups excluding carboxylic acids is 3. The van der Waals surface area contributed by atoms with Crippen molar-refractivity contribution < 1.29 is 14.4 Å². The van der Waals surface area contributed by atoms with Crippen molar-refractivity contribution in [3.05, 3.63) is 59.2 Å². The fourth-order valence-corrected chi connectivity index (χ4v) is 2.48. The maximum atomic E-state index is 12.2. The number of nitrogens with two attached hydrogens (primary N) is 1. The number of amides is 3. The molecule has 0 saturated heterocycles. The van der Waals surface area contributed by atoms with Gasteiger partial charge in [-0.3, -0.25) is 14.4 Å². The molecular weight excluding hydrogens is 332 g/mol. The monoisotopic (exact) mass is 354 g/mol. The Morgan fingerprint density at radius 1 is 1.08 bits per heavy atom. The number of anilines is 2. The van der Waals surface area contributed by atoms with E-state index in [9.17, 15) is 14.4 Å². The van der Waals surface area contributed by atoms with E-state index in [1.165, 1.54) is 0 Å². The van der Waals surface area contributed by atoms with E-state index in [4.69, 9.17) is 5.73 Å². The Morgan fingerprint density at radius 2 is 1.81 bits per heavy atom. The average molecular weight is 354 g/mol. The Hall–Kier alpha value is -3.35. The molecule has 0 fully saturated rings. The molecule has 0 aliphatic rings. The van der Waals surface area contributed by atoms with Gasteiger partial charge in [-0.1, -0.05) is 12.1 Å². The lowest BCUT2D eigenvalue weighted by molar-refractivity contribution is -0.114. The summed E-state index contributed by atoms with van der Waals surface area (Å²) in [7, 11) is 0. The molecule has 7 nitrogen and oxygen atoms in total. The summed E-state index contributed by atoms with van der Waals surface area (Å²) >= 11 is 0. The Bertz CT molecular complexity index is 833. The zero-order valence-corrected chi connectivity index (χ0v) is 14.8. The second-order valence-corrected chi connectivity index (χ2v) is 5.68. The van der Waals surface area contributed by atoms with Crippen LogP contribution in [0.3, 0.4) is 0 Å². The number of primary amides is 1. The van der Waals surface area contributed by atoms with Gasteiger partial charge in [0.25, 0.3) is 5.91 Å². The van der Waals surface area contributed by atoms with Crippen molar-refractivity contribution in [2.75, 3.05) is 23.7 Å². The minimum absolute atomic E-state index is 0.00837. The van der Waals surface area contributed by atoms with Crippen LogP contribution in [0.2, 0.25) is 0 Å². The third-order valence-corrected chi connectivity index (χ3v) is 3.78. The summed E-state index contributed by atoms with van der Waals surface area (Å²) in [5, 5.41) is 8.43. The van der Waals surface area contributed by atoms with Crippen LogP contribution in [0.1, 0.15) is 33.2 Å². The van der Waals surface area contributed by atoms with Crippen molar-refractivity contribution in [3.8, 4) is 0 Å². The molecule has 136 valence electrons. The molecule has 0 radical (unpaired) electrons. The Labute approximate surface area is 152 Å². The van der Waals surface area contributed by atoms with E-state index in [0.717, 1.165) is 0 Å². The van der Waals surface area contributed by atoms with Gasteiger partial charge in [0, 0.05) is 29.0 Å². The summed E-state index contributed by atoms with van der Waals surface area (Å²) in [5.41, 5.74) is 8.08. The quantitative estimate of drug-likeness (QED) is 0.608. The van der Waals surface area contributed by atoms with Gasteiger partial charge in [-0.2, -0.15) is 0 Å². The molecule has 0 aliphatic carbocycles. The number of nitrogens with one attached hydrogen (secondary N) is 3.